The summed E-state index contributed by atoms with van der Waals surface area (Å²) in [6.07, 6.45) is 5.02. The van der Waals surface area contributed by atoms with E-state index in [0.29, 0.717) is 18.4 Å². The predicted octanol–water partition coefficient (Wildman–Crippen LogP) is 2.51. The van der Waals surface area contributed by atoms with Crippen LogP contribution in [0.25, 0.3) is 10.9 Å². The van der Waals surface area contributed by atoms with Crippen LogP contribution in [-0.4, -0.2) is 29.9 Å². The molecule has 3 heteroatoms. The molecule has 1 aliphatic rings. The second-order valence-corrected chi connectivity index (χ2v) is 6.28. The average molecular weight is 285 g/mol. The third-order valence-electron chi connectivity index (χ3n) is 4.93. The molecule has 1 unspecified atom stereocenters. The molecule has 1 saturated heterocycles. The molecule has 0 amide bonds. The third kappa shape index (κ3) is 2.75. The van der Waals surface area contributed by atoms with Crippen molar-refractivity contribution in [1.29, 1.82) is 0 Å². The summed E-state index contributed by atoms with van der Waals surface area (Å²) in [7, 11) is 0. The number of carbonyl (C=O) groups excluding carboxylic acids is 1. The van der Waals surface area contributed by atoms with Gasteiger partial charge in [0.15, 0.2) is 0 Å². The molecule has 21 heavy (non-hydrogen) atoms. The summed E-state index contributed by atoms with van der Waals surface area (Å²) in [5, 5.41) is 1.07. The Morgan fingerprint density at radius 3 is 2.95 bits per heavy atom. The van der Waals surface area contributed by atoms with Crippen LogP contribution in [0.1, 0.15) is 48.7 Å². The van der Waals surface area contributed by atoms with Gasteiger partial charge in [-0.15, -0.1) is 0 Å². The zero-order chi connectivity index (χ0) is 14.8. The maximum absolute atomic E-state index is 12.8. The Kier molecular flexibility index (Phi) is 4.11. The van der Waals surface area contributed by atoms with Crippen molar-refractivity contribution >= 4 is 16.7 Å². The highest BCUT2D eigenvalue weighted by atomic mass is 16.1. The first kappa shape index (κ1) is 14.3. The number of Topliss-reactive ketones (excluding diaryl/α,β-unsaturated/α-hetero) is 1. The number of aromatic nitrogens is 1. The van der Waals surface area contributed by atoms with Crippen molar-refractivity contribution in [2.75, 3.05) is 13.1 Å². The molecule has 1 aliphatic heterocycles. The summed E-state index contributed by atoms with van der Waals surface area (Å²) in [6.45, 7) is 6.04. The highest BCUT2D eigenvalue weighted by Gasteiger charge is 2.28. The number of benzene rings is 1. The van der Waals surface area contributed by atoms with Gasteiger partial charge in [-0.1, -0.05) is 25.1 Å². The highest BCUT2D eigenvalue weighted by molar-refractivity contribution is 6.09. The molecular weight excluding hydrogens is 260 g/mol. The van der Waals surface area contributed by atoms with Gasteiger partial charge in [0, 0.05) is 16.6 Å². The molecule has 2 heterocycles. The number of nitrogens with one attached hydrogen (secondary N) is 2. The summed E-state index contributed by atoms with van der Waals surface area (Å²) in [4.78, 5) is 17.7. The van der Waals surface area contributed by atoms with Crippen LogP contribution < -0.4 is 4.90 Å². The Morgan fingerprint density at radius 1 is 1.33 bits per heavy atom. The number of para-hydroxylation sites is 1. The van der Waals surface area contributed by atoms with Gasteiger partial charge < -0.3 is 9.88 Å². The first-order valence-corrected chi connectivity index (χ1v) is 8.15. The lowest BCUT2D eigenvalue weighted by molar-refractivity contribution is -0.922. The first-order chi connectivity index (χ1) is 10.2. The summed E-state index contributed by atoms with van der Waals surface area (Å²) < 4.78 is 0. The number of rotatable bonds is 4. The SMILES string of the molecule is CC[C@@H]1CCCC[NH+]1CC(=O)c1c(C)[nH]c2ccccc12. The molecule has 2 N–H and O–H groups in total. The minimum absolute atomic E-state index is 0.292. The van der Waals surface area contributed by atoms with E-state index in [4.69, 9.17) is 0 Å². The van der Waals surface area contributed by atoms with Crippen molar-refractivity contribution in [2.24, 2.45) is 0 Å². The van der Waals surface area contributed by atoms with E-state index in [1.807, 2.05) is 25.1 Å². The summed E-state index contributed by atoms with van der Waals surface area (Å²) >= 11 is 0. The van der Waals surface area contributed by atoms with E-state index < -0.39 is 0 Å². The van der Waals surface area contributed by atoms with Crippen LogP contribution in [-0.2, 0) is 0 Å². The van der Waals surface area contributed by atoms with Crippen molar-refractivity contribution in [3.63, 3.8) is 0 Å². The lowest BCUT2D eigenvalue weighted by Crippen LogP contribution is -3.17. The smallest absolute Gasteiger partial charge is 0.219 e. The number of ketones is 1. The van der Waals surface area contributed by atoms with Gasteiger partial charge in [0.2, 0.25) is 5.78 Å². The summed E-state index contributed by atoms with van der Waals surface area (Å²) in [5.74, 6) is 0.292. The van der Waals surface area contributed by atoms with Crippen LogP contribution in [0.5, 0.6) is 0 Å². The van der Waals surface area contributed by atoms with Crippen molar-refractivity contribution in [1.82, 2.24) is 4.98 Å². The van der Waals surface area contributed by atoms with E-state index >= 15 is 0 Å². The Morgan fingerprint density at radius 2 is 2.14 bits per heavy atom. The van der Waals surface area contributed by atoms with Crippen LogP contribution in [0.3, 0.4) is 0 Å². The molecule has 3 rings (SSSR count). The molecule has 2 atom stereocenters. The van der Waals surface area contributed by atoms with Gasteiger partial charge in [-0.2, -0.15) is 0 Å². The van der Waals surface area contributed by atoms with Crippen LogP contribution in [0.15, 0.2) is 24.3 Å². The maximum Gasteiger partial charge on any atom is 0.219 e. The van der Waals surface area contributed by atoms with Crippen LogP contribution in [0, 0.1) is 6.92 Å². The van der Waals surface area contributed by atoms with Gasteiger partial charge in [0.05, 0.1) is 18.2 Å². The molecule has 3 nitrogen and oxygen atoms in total. The topological polar surface area (TPSA) is 37.3 Å². The van der Waals surface area contributed by atoms with Crippen molar-refractivity contribution < 1.29 is 9.69 Å². The largest absolute Gasteiger partial charge is 0.358 e. The molecule has 0 radical (unpaired) electrons. The van der Waals surface area contributed by atoms with Gasteiger partial charge in [0.1, 0.15) is 6.54 Å². The number of likely N-dealkylation sites (tertiary alicyclic amines) is 1. The van der Waals surface area contributed by atoms with Gasteiger partial charge in [0.25, 0.3) is 0 Å². The standard InChI is InChI=1S/C18H24N2O/c1-3-14-8-6-7-11-20(14)12-17(21)18-13(2)19-16-10-5-4-9-15(16)18/h4-5,9-10,14,19H,3,6-8,11-12H2,1-2H3/p+1/t14-/m1/s1. The van der Waals surface area contributed by atoms with E-state index in [1.54, 1.807) is 0 Å². The van der Waals surface area contributed by atoms with Gasteiger partial charge in [-0.05, 0) is 38.7 Å². The molecular formula is C18H25N2O+. The lowest BCUT2D eigenvalue weighted by atomic mass is 9.98. The number of carbonyl (C=O) groups is 1. The van der Waals surface area contributed by atoms with Gasteiger partial charge in [-0.3, -0.25) is 4.79 Å². The number of fused-ring (bicyclic) bond motifs is 1. The maximum atomic E-state index is 12.8. The van der Waals surface area contributed by atoms with Crippen molar-refractivity contribution in [3.05, 3.63) is 35.5 Å². The monoisotopic (exact) mass is 285 g/mol. The third-order valence-corrected chi connectivity index (χ3v) is 4.93. The fraction of sp³-hybridized carbons (Fsp3) is 0.500. The first-order valence-electron chi connectivity index (χ1n) is 8.15. The highest BCUT2D eigenvalue weighted by Crippen LogP contribution is 2.22. The Labute approximate surface area is 126 Å². The average Bonchev–Trinajstić information content (AvgIpc) is 2.83. The normalized spacial score (nSPS) is 22.6. The minimum Gasteiger partial charge on any atom is -0.358 e. The van der Waals surface area contributed by atoms with Gasteiger partial charge in [-0.25, -0.2) is 0 Å². The Balaban J connectivity index is 1.85. The number of aryl methyl sites for hydroxylation is 1. The van der Waals surface area contributed by atoms with E-state index in [9.17, 15) is 4.79 Å². The van der Waals surface area contributed by atoms with E-state index in [1.165, 1.54) is 30.6 Å². The van der Waals surface area contributed by atoms with Crippen LogP contribution in [0.2, 0.25) is 0 Å². The number of hydrogen-bond donors (Lipinski definition) is 2. The van der Waals surface area contributed by atoms with Crippen LogP contribution in [0.4, 0.5) is 0 Å². The molecule has 0 bridgehead atoms. The van der Waals surface area contributed by atoms with Crippen molar-refractivity contribution in [3.8, 4) is 0 Å². The molecule has 2 aromatic rings. The fourth-order valence-corrected chi connectivity index (χ4v) is 3.81. The molecule has 1 aromatic heterocycles. The number of aromatic amines is 1. The molecule has 0 spiro atoms. The zero-order valence-corrected chi connectivity index (χ0v) is 13.0. The van der Waals surface area contributed by atoms with E-state index in [0.717, 1.165) is 28.7 Å². The second kappa shape index (κ2) is 6.02. The summed E-state index contributed by atoms with van der Waals surface area (Å²) in [5.41, 5.74) is 2.98. The number of quaternary nitrogens is 1. The molecule has 0 aliphatic carbocycles. The number of hydrogen-bond acceptors (Lipinski definition) is 1. The van der Waals surface area contributed by atoms with E-state index in [2.05, 4.69) is 18.0 Å². The van der Waals surface area contributed by atoms with Crippen molar-refractivity contribution in [2.45, 2.75) is 45.6 Å². The predicted molar refractivity (Wildman–Crippen MR) is 86.0 cm³/mol. The lowest BCUT2D eigenvalue weighted by Gasteiger charge is -2.31. The second-order valence-electron chi connectivity index (χ2n) is 6.28. The van der Waals surface area contributed by atoms with Gasteiger partial charge >= 0.3 is 0 Å². The summed E-state index contributed by atoms with van der Waals surface area (Å²) in [6, 6.07) is 8.77. The van der Waals surface area contributed by atoms with Crippen LogP contribution >= 0.6 is 0 Å². The fourth-order valence-electron chi connectivity index (χ4n) is 3.81. The molecule has 0 saturated carbocycles. The zero-order valence-electron chi connectivity index (χ0n) is 13.0. The number of piperidine rings is 1. The number of H-pyrrole nitrogens is 1. The Bertz CT molecular complexity index is 644. The molecule has 112 valence electrons. The van der Waals surface area contributed by atoms with E-state index in [-0.39, 0.29) is 0 Å². The Hall–Kier alpha value is -1.61. The quantitative estimate of drug-likeness (QED) is 0.832. The minimum atomic E-state index is 0.292. The molecule has 1 aromatic carbocycles. The molecule has 1 fully saturated rings.